The van der Waals surface area contributed by atoms with Crippen molar-refractivity contribution in [2.24, 2.45) is 10.9 Å². The van der Waals surface area contributed by atoms with E-state index >= 15 is 0 Å². The zero-order valence-corrected chi connectivity index (χ0v) is 16.7. The Kier molecular flexibility index (Phi) is 7.27. The molecule has 0 aromatic heterocycles. The maximum Gasteiger partial charge on any atom is 0.191 e. The molecule has 0 amide bonds. The van der Waals surface area contributed by atoms with Gasteiger partial charge in [0, 0.05) is 42.9 Å². The van der Waals surface area contributed by atoms with Gasteiger partial charge in [-0.05, 0) is 50.3 Å². The van der Waals surface area contributed by atoms with Crippen molar-refractivity contribution in [3.63, 3.8) is 0 Å². The van der Waals surface area contributed by atoms with Crippen LogP contribution in [0.4, 0.5) is 5.69 Å². The molecule has 1 atom stereocenters. The topological polar surface area (TPSA) is 39.7 Å². The lowest BCUT2D eigenvalue weighted by atomic mass is 10.2. The molecule has 2 fully saturated rings. The Morgan fingerprint density at radius 3 is 2.87 bits per heavy atom. The Balaban J connectivity index is 0.00000192. The van der Waals surface area contributed by atoms with Gasteiger partial charge in [0.15, 0.2) is 5.96 Å². The van der Waals surface area contributed by atoms with Gasteiger partial charge in [-0.3, -0.25) is 4.99 Å². The molecule has 2 N–H and O–H groups in total. The van der Waals surface area contributed by atoms with Gasteiger partial charge in [-0.2, -0.15) is 0 Å². The molecule has 0 spiro atoms. The van der Waals surface area contributed by atoms with Gasteiger partial charge in [0.1, 0.15) is 0 Å². The molecule has 1 saturated carbocycles. The van der Waals surface area contributed by atoms with Crippen molar-refractivity contribution in [2.75, 3.05) is 31.1 Å². The summed E-state index contributed by atoms with van der Waals surface area (Å²) in [5.41, 5.74) is 1.21. The van der Waals surface area contributed by atoms with E-state index < -0.39 is 0 Å². The van der Waals surface area contributed by atoms with Crippen molar-refractivity contribution < 1.29 is 0 Å². The van der Waals surface area contributed by atoms with Crippen LogP contribution in [0.1, 0.15) is 26.2 Å². The first-order valence-electron chi connectivity index (χ1n) is 8.30. The highest BCUT2D eigenvalue weighted by Gasteiger charge is 2.24. The number of hydrogen-bond donors (Lipinski definition) is 2. The number of benzene rings is 1. The largest absolute Gasteiger partial charge is 0.369 e. The Labute approximate surface area is 161 Å². The van der Waals surface area contributed by atoms with Crippen LogP contribution in [0.25, 0.3) is 0 Å². The van der Waals surface area contributed by atoms with Crippen LogP contribution in [0, 0.1) is 5.92 Å². The molecule has 1 unspecified atom stereocenters. The highest BCUT2D eigenvalue weighted by atomic mass is 127. The summed E-state index contributed by atoms with van der Waals surface area (Å²) in [7, 11) is 0. The van der Waals surface area contributed by atoms with Gasteiger partial charge < -0.3 is 15.5 Å². The fraction of sp³-hybridized carbons (Fsp3) is 0.588. The number of halogens is 2. The number of anilines is 1. The van der Waals surface area contributed by atoms with E-state index in [1.807, 2.05) is 18.2 Å². The first kappa shape index (κ1) is 18.6. The number of rotatable bonds is 5. The SMILES string of the molecule is CCNC(=NCC1CC1)NC1CCN(c2cccc(Cl)c2)C1.I. The van der Waals surface area contributed by atoms with Gasteiger partial charge in [-0.25, -0.2) is 0 Å². The Morgan fingerprint density at radius 2 is 2.17 bits per heavy atom. The highest BCUT2D eigenvalue weighted by molar-refractivity contribution is 14.0. The molecule has 1 aromatic carbocycles. The summed E-state index contributed by atoms with van der Waals surface area (Å²) in [6, 6.07) is 8.54. The molecule has 3 rings (SSSR count). The van der Waals surface area contributed by atoms with Crippen LogP contribution < -0.4 is 15.5 Å². The second kappa shape index (κ2) is 8.97. The summed E-state index contributed by atoms with van der Waals surface area (Å²) >= 11 is 6.09. The maximum absolute atomic E-state index is 6.09. The third-order valence-corrected chi connectivity index (χ3v) is 4.49. The number of nitrogens with zero attached hydrogens (tertiary/aromatic N) is 2. The van der Waals surface area contributed by atoms with Gasteiger partial charge in [0.25, 0.3) is 0 Å². The zero-order chi connectivity index (χ0) is 15.4. The molecule has 0 radical (unpaired) electrons. The van der Waals surface area contributed by atoms with Crippen LogP contribution in [0.5, 0.6) is 0 Å². The van der Waals surface area contributed by atoms with E-state index in [4.69, 9.17) is 16.6 Å². The summed E-state index contributed by atoms with van der Waals surface area (Å²) in [4.78, 5) is 7.09. The minimum absolute atomic E-state index is 0. The molecular formula is C17H26ClIN4. The number of nitrogens with one attached hydrogen (secondary N) is 2. The molecule has 4 nitrogen and oxygen atoms in total. The quantitative estimate of drug-likeness (QED) is 0.411. The van der Waals surface area contributed by atoms with Crippen molar-refractivity contribution in [3.8, 4) is 0 Å². The minimum Gasteiger partial charge on any atom is -0.369 e. The molecule has 1 aliphatic heterocycles. The average Bonchev–Trinajstić information content (AvgIpc) is 3.23. The van der Waals surface area contributed by atoms with Gasteiger partial charge in [-0.1, -0.05) is 17.7 Å². The van der Waals surface area contributed by atoms with Crippen LogP contribution in [0.3, 0.4) is 0 Å². The average molecular weight is 449 g/mol. The summed E-state index contributed by atoms with van der Waals surface area (Å²) in [5, 5.41) is 7.73. The van der Waals surface area contributed by atoms with Crippen LogP contribution in [0.15, 0.2) is 29.3 Å². The van der Waals surface area contributed by atoms with Gasteiger partial charge in [0.2, 0.25) is 0 Å². The predicted octanol–water partition coefficient (Wildman–Crippen LogP) is 3.50. The lowest BCUT2D eigenvalue weighted by molar-refractivity contribution is 0.647. The number of guanidine groups is 1. The van der Waals surface area contributed by atoms with Gasteiger partial charge >= 0.3 is 0 Å². The molecule has 23 heavy (non-hydrogen) atoms. The van der Waals surface area contributed by atoms with E-state index in [1.54, 1.807) is 0 Å². The van der Waals surface area contributed by atoms with Crippen LogP contribution in [-0.2, 0) is 0 Å². The first-order valence-corrected chi connectivity index (χ1v) is 8.67. The molecule has 1 aliphatic carbocycles. The molecule has 128 valence electrons. The van der Waals surface area contributed by atoms with Crippen molar-refractivity contribution in [2.45, 2.75) is 32.2 Å². The fourth-order valence-corrected chi connectivity index (χ4v) is 3.00. The van der Waals surface area contributed by atoms with E-state index in [-0.39, 0.29) is 24.0 Å². The number of aliphatic imine (C=N–C) groups is 1. The molecular weight excluding hydrogens is 423 g/mol. The Hall–Kier alpha value is -0.690. The lowest BCUT2D eigenvalue weighted by Gasteiger charge is -2.20. The third kappa shape index (κ3) is 5.71. The molecule has 6 heteroatoms. The Morgan fingerprint density at radius 1 is 1.35 bits per heavy atom. The van der Waals surface area contributed by atoms with E-state index in [9.17, 15) is 0 Å². The summed E-state index contributed by atoms with van der Waals surface area (Å²) in [6.07, 6.45) is 3.81. The molecule has 1 aromatic rings. The van der Waals surface area contributed by atoms with Crippen molar-refractivity contribution in [1.82, 2.24) is 10.6 Å². The normalized spacial score (nSPS) is 21.0. The van der Waals surface area contributed by atoms with E-state index in [2.05, 4.69) is 28.5 Å². The standard InChI is InChI=1S/C17H25ClN4.HI/c1-2-19-17(20-11-13-6-7-13)21-15-8-9-22(12-15)16-5-3-4-14(18)10-16;/h3-5,10,13,15H,2,6-9,11-12H2,1H3,(H2,19,20,21);1H. The van der Waals surface area contributed by atoms with Crippen molar-refractivity contribution >= 4 is 47.2 Å². The number of hydrogen-bond acceptors (Lipinski definition) is 2. The molecule has 0 bridgehead atoms. The second-order valence-electron chi connectivity index (χ2n) is 6.22. The third-order valence-electron chi connectivity index (χ3n) is 4.25. The van der Waals surface area contributed by atoms with E-state index in [0.717, 1.165) is 49.5 Å². The fourth-order valence-electron chi connectivity index (χ4n) is 2.82. The summed E-state index contributed by atoms with van der Waals surface area (Å²) in [5.74, 6) is 1.79. The first-order chi connectivity index (χ1) is 10.7. The highest BCUT2D eigenvalue weighted by Crippen LogP contribution is 2.28. The Bertz CT molecular complexity index is 533. The molecule has 1 saturated heterocycles. The van der Waals surface area contributed by atoms with Crippen LogP contribution in [-0.4, -0.2) is 38.2 Å². The predicted molar refractivity (Wildman–Crippen MR) is 109 cm³/mol. The molecule has 2 aliphatic rings. The van der Waals surface area contributed by atoms with Gasteiger partial charge in [-0.15, -0.1) is 24.0 Å². The summed E-state index contributed by atoms with van der Waals surface area (Å²) < 4.78 is 0. The van der Waals surface area contributed by atoms with E-state index in [1.165, 1.54) is 18.5 Å². The maximum atomic E-state index is 6.09. The lowest BCUT2D eigenvalue weighted by Crippen LogP contribution is -2.44. The minimum atomic E-state index is 0. The van der Waals surface area contributed by atoms with E-state index in [0.29, 0.717) is 6.04 Å². The smallest absolute Gasteiger partial charge is 0.191 e. The summed E-state index contributed by atoms with van der Waals surface area (Å²) in [6.45, 7) is 6.02. The van der Waals surface area contributed by atoms with Crippen molar-refractivity contribution in [1.29, 1.82) is 0 Å². The second-order valence-corrected chi connectivity index (χ2v) is 6.66. The van der Waals surface area contributed by atoms with Crippen molar-refractivity contribution in [3.05, 3.63) is 29.3 Å². The monoisotopic (exact) mass is 448 g/mol. The van der Waals surface area contributed by atoms with Gasteiger partial charge in [0.05, 0.1) is 0 Å². The van der Waals surface area contributed by atoms with Crippen LogP contribution >= 0.6 is 35.6 Å². The van der Waals surface area contributed by atoms with Crippen LogP contribution in [0.2, 0.25) is 5.02 Å². The zero-order valence-electron chi connectivity index (χ0n) is 13.6. The molecule has 1 heterocycles.